The average molecular weight is 656 g/mol. The summed E-state index contributed by atoms with van der Waals surface area (Å²) in [5, 5.41) is 5.01. The fourth-order valence-electron chi connectivity index (χ4n) is 3.80. The number of halogens is 6. The van der Waals surface area contributed by atoms with Gasteiger partial charge in [-0.05, 0) is 26.0 Å². The van der Waals surface area contributed by atoms with Crippen LogP contribution in [0.3, 0.4) is 0 Å². The minimum absolute atomic E-state index is 0.125. The number of esters is 2. The van der Waals surface area contributed by atoms with Crippen molar-refractivity contribution in [3.8, 4) is 0 Å². The van der Waals surface area contributed by atoms with Gasteiger partial charge in [-0.1, -0.05) is 81.7 Å². The molecule has 0 aromatic heterocycles. The topological polar surface area (TPSA) is 114 Å². The second-order valence-corrected chi connectivity index (χ2v) is 15.4. The van der Waals surface area contributed by atoms with Gasteiger partial charge in [0.2, 0.25) is 19.4 Å². The number of carbonyl (C=O) groups is 4. The summed E-state index contributed by atoms with van der Waals surface area (Å²) in [6.45, 7) is 2.38. The van der Waals surface area contributed by atoms with Gasteiger partial charge >= 0.3 is 11.9 Å². The number of thioether (sulfide) groups is 1. The zero-order valence-corrected chi connectivity index (χ0v) is 24.6. The maximum Gasteiger partial charge on any atom is 0.340 e. The fourth-order valence-corrected chi connectivity index (χ4v) is 5.75. The second-order valence-electron chi connectivity index (χ2n) is 8.62. The summed E-state index contributed by atoms with van der Waals surface area (Å²) < 4.78 is 5.82. The van der Waals surface area contributed by atoms with E-state index in [0.29, 0.717) is 5.69 Å². The molecule has 9 nitrogen and oxygen atoms in total. The molecule has 0 saturated carbocycles. The molecule has 204 valence electrons. The van der Waals surface area contributed by atoms with Crippen molar-refractivity contribution in [2.45, 2.75) is 43.6 Å². The van der Waals surface area contributed by atoms with Crippen molar-refractivity contribution in [2.75, 3.05) is 25.1 Å². The Hall–Kier alpha value is -1.01. The van der Waals surface area contributed by atoms with Crippen LogP contribution in [0.5, 0.6) is 0 Å². The molecule has 0 bridgehead atoms. The summed E-state index contributed by atoms with van der Waals surface area (Å²) in [6.07, 6.45) is 0. The van der Waals surface area contributed by atoms with Crippen LogP contribution in [0.25, 0.3) is 0 Å². The number of amides is 2. The zero-order chi connectivity index (χ0) is 27.8. The van der Waals surface area contributed by atoms with Crippen molar-refractivity contribution in [3.63, 3.8) is 0 Å². The van der Waals surface area contributed by atoms with Crippen molar-refractivity contribution in [3.05, 3.63) is 29.8 Å². The quantitative estimate of drug-likeness (QED) is 0.245. The third kappa shape index (κ3) is 7.77. The van der Waals surface area contributed by atoms with Crippen molar-refractivity contribution in [1.82, 2.24) is 10.2 Å². The van der Waals surface area contributed by atoms with E-state index in [1.54, 1.807) is 32.0 Å². The highest BCUT2D eigenvalue weighted by Crippen LogP contribution is 2.51. The summed E-state index contributed by atoms with van der Waals surface area (Å²) in [7, 11) is 0. The lowest BCUT2D eigenvalue weighted by Gasteiger charge is -2.44. The number of benzene rings is 1. The maximum absolute atomic E-state index is 12.9. The molecule has 1 aromatic carbocycles. The van der Waals surface area contributed by atoms with Crippen LogP contribution in [0.1, 0.15) is 24.2 Å². The van der Waals surface area contributed by atoms with E-state index in [9.17, 15) is 19.2 Å². The molecule has 2 aliphatic rings. The molecule has 0 radical (unpaired) electrons. The molecule has 2 aliphatic heterocycles. The molecule has 3 rings (SSSR count). The molecule has 2 saturated heterocycles. The second kappa shape index (κ2) is 11.6. The summed E-state index contributed by atoms with van der Waals surface area (Å²) in [6, 6.07) is 4.53. The standard InChI is InChI=1S/C21H21Cl6N3O6S/c1-19(2)14(18(34)36-9-21(25,26)27)30-15(32)13(16(30)37-19)29-12(31)7-28-11-6-4-3-5-10(11)17(33)35-8-20(22,23)24/h3-6,13-14,16,28H,7-9H2,1-2H3,(H,29,31)/t13?,14?,16-/m1/s1. The van der Waals surface area contributed by atoms with Crippen LogP contribution >= 0.6 is 81.4 Å². The van der Waals surface area contributed by atoms with E-state index in [1.165, 1.54) is 22.7 Å². The number of carbonyl (C=O) groups excluding carboxylic acids is 4. The van der Waals surface area contributed by atoms with Crippen LogP contribution in [0.4, 0.5) is 5.69 Å². The Morgan fingerprint density at radius 2 is 1.62 bits per heavy atom. The highest BCUT2D eigenvalue weighted by Gasteiger charge is 2.64. The highest BCUT2D eigenvalue weighted by atomic mass is 35.6. The van der Waals surface area contributed by atoms with Crippen molar-refractivity contribution in [2.24, 2.45) is 0 Å². The number of para-hydroxylation sites is 1. The number of nitrogens with zero attached hydrogens (tertiary/aromatic N) is 1. The Morgan fingerprint density at radius 1 is 1.03 bits per heavy atom. The van der Waals surface area contributed by atoms with Crippen LogP contribution in [-0.2, 0) is 23.9 Å². The molecule has 0 spiro atoms. The first-order chi connectivity index (χ1) is 17.0. The molecular weight excluding hydrogens is 635 g/mol. The third-order valence-electron chi connectivity index (χ3n) is 5.31. The van der Waals surface area contributed by atoms with Gasteiger partial charge in [-0.25, -0.2) is 9.59 Å². The summed E-state index contributed by atoms with van der Waals surface area (Å²) in [4.78, 5) is 51.8. The lowest BCUT2D eigenvalue weighted by atomic mass is 9.96. The molecule has 3 atom stereocenters. The Balaban J connectivity index is 1.58. The molecule has 2 unspecified atom stereocenters. The zero-order valence-electron chi connectivity index (χ0n) is 19.2. The number of hydrogen-bond acceptors (Lipinski definition) is 8. The third-order valence-corrected chi connectivity index (χ3v) is 7.54. The van der Waals surface area contributed by atoms with Gasteiger partial charge in [0.25, 0.3) is 0 Å². The van der Waals surface area contributed by atoms with E-state index in [1.807, 2.05) is 0 Å². The minimum Gasteiger partial charge on any atom is -0.460 e. The molecule has 2 heterocycles. The number of hydrogen-bond donors (Lipinski definition) is 2. The molecule has 16 heteroatoms. The molecule has 2 fully saturated rings. The SMILES string of the molecule is CC1(C)S[C@@H]2C(NC(=O)CNc3ccccc3C(=O)OCC(Cl)(Cl)Cl)C(=O)N2C1C(=O)OCC(Cl)(Cl)Cl. The fraction of sp³-hybridized carbons (Fsp3) is 0.524. The van der Waals surface area contributed by atoms with E-state index in [-0.39, 0.29) is 12.1 Å². The minimum atomic E-state index is -1.79. The Bertz CT molecular complexity index is 1080. The van der Waals surface area contributed by atoms with Gasteiger partial charge in [-0.3, -0.25) is 9.59 Å². The normalized spacial score (nSPS) is 22.5. The van der Waals surface area contributed by atoms with Crippen molar-refractivity contribution in [1.29, 1.82) is 0 Å². The number of β-lactam (4-membered cyclic amide) rings is 1. The lowest BCUT2D eigenvalue weighted by molar-refractivity contribution is -0.164. The van der Waals surface area contributed by atoms with E-state index in [4.69, 9.17) is 79.1 Å². The average Bonchev–Trinajstić information content (AvgIpc) is 3.05. The lowest BCUT2D eigenvalue weighted by Crippen LogP contribution is -2.71. The largest absolute Gasteiger partial charge is 0.460 e. The van der Waals surface area contributed by atoms with Gasteiger partial charge in [-0.2, -0.15) is 0 Å². The smallest absolute Gasteiger partial charge is 0.340 e. The monoisotopic (exact) mass is 653 g/mol. The van der Waals surface area contributed by atoms with Gasteiger partial charge in [-0.15, -0.1) is 11.8 Å². The number of anilines is 1. The Morgan fingerprint density at radius 3 is 2.24 bits per heavy atom. The van der Waals surface area contributed by atoms with Crippen LogP contribution in [0, 0.1) is 0 Å². The van der Waals surface area contributed by atoms with Crippen LogP contribution < -0.4 is 10.6 Å². The van der Waals surface area contributed by atoms with Gasteiger partial charge in [0, 0.05) is 10.4 Å². The number of fused-ring (bicyclic) bond motifs is 1. The summed E-state index contributed by atoms with van der Waals surface area (Å²) in [5.41, 5.74) is 0.432. The van der Waals surface area contributed by atoms with Gasteiger partial charge in [0.15, 0.2) is 0 Å². The van der Waals surface area contributed by atoms with Crippen LogP contribution in [-0.4, -0.2) is 78.2 Å². The van der Waals surface area contributed by atoms with E-state index in [0.717, 1.165) is 0 Å². The summed E-state index contributed by atoms with van der Waals surface area (Å²) >= 11 is 35.1. The van der Waals surface area contributed by atoms with Crippen molar-refractivity contribution < 1.29 is 28.7 Å². The first kappa shape index (κ1) is 30.5. The first-order valence-corrected chi connectivity index (χ1v) is 13.7. The predicted octanol–water partition coefficient (Wildman–Crippen LogP) is 4.09. The van der Waals surface area contributed by atoms with Crippen LogP contribution in [0.15, 0.2) is 24.3 Å². The number of rotatable bonds is 8. The predicted molar refractivity (Wildman–Crippen MR) is 145 cm³/mol. The van der Waals surface area contributed by atoms with Gasteiger partial charge in [0.1, 0.15) is 30.7 Å². The Kier molecular flexibility index (Phi) is 9.59. The summed E-state index contributed by atoms with van der Waals surface area (Å²) in [5.74, 6) is -2.41. The molecule has 37 heavy (non-hydrogen) atoms. The molecule has 1 aromatic rings. The number of alkyl halides is 6. The maximum atomic E-state index is 12.9. The molecular formula is C21H21Cl6N3O6S. The van der Waals surface area contributed by atoms with Crippen LogP contribution in [0.2, 0.25) is 0 Å². The van der Waals surface area contributed by atoms with E-state index < -0.39 is 66.8 Å². The van der Waals surface area contributed by atoms with Gasteiger partial charge in [0.05, 0.1) is 12.1 Å². The van der Waals surface area contributed by atoms with Crippen molar-refractivity contribution >= 4 is 111 Å². The molecule has 2 N–H and O–H groups in total. The highest BCUT2D eigenvalue weighted by molar-refractivity contribution is 8.01. The van der Waals surface area contributed by atoms with Gasteiger partial charge < -0.3 is 25.0 Å². The molecule has 2 amide bonds. The molecule has 0 aliphatic carbocycles. The Labute approximate surface area is 247 Å². The van der Waals surface area contributed by atoms with E-state index >= 15 is 0 Å². The number of nitrogens with one attached hydrogen (secondary N) is 2. The number of ether oxygens (including phenoxy) is 2. The van der Waals surface area contributed by atoms with E-state index in [2.05, 4.69) is 10.6 Å². The first-order valence-electron chi connectivity index (χ1n) is 10.6.